The molecule has 1 N–H and O–H groups in total. The molecule has 5 heteroatoms. The van der Waals surface area contributed by atoms with Gasteiger partial charge in [-0.15, -0.1) is 0 Å². The molecule has 82 valence electrons. The minimum Gasteiger partial charge on any atom is -0.476 e. The molecule has 0 saturated carbocycles. The fourth-order valence-electron chi connectivity index (χ4n) is 1.37. The van der Waals surface area contributed by atoms with Gasteiger partial charge in [-0.2, -0.15) is 5.10 Å². The minimum absolute atomic E-state index is 0.111. The molecule has 0 unspecified atom stereocenters. The maximum absolute atomic E-state index is 13.5. The van der Waals surface area contributed by atoms with Gasteiger partial charge in [-0.3, -0.25) is 0 Å². The first-order valence-corrected chi connectivity index (χ1v) is 4.63. The maximum atomic E-state index is 13.5. The Bertz CT molecular complexity index is 549. The molecule has 16 heavy (non-hydrogen) atoms. The van der Waals surface area contributed by atoms with Gasteiger partial charge in [0.15, 0.2) is 5.69 Å². The van der Waals surface area contributed by atoms with Gasteiger partial charge in [0, 0.05) is 6.20 Å². The Balaban J connectivity index is 2.46. The lowest BCUT2D eigenvalue weighted by atomic mass is 10.2. The zero-order chi connectivity index (χ0) is 11.7. The van der Waals surface area contributed by atoms with Crippen LogP contribution < -0.4 is 0 Å². The molecule has 0 atom stereocenters. The predicted molar refractivity (Wildman–Crippen MR) is 55.2 cm³/mol. The van der Waals surface area contributed by atoms with Crippen molar-refractivity contribution in [2.45, 2.75) is 6.92 Å². The van der Waals surface area contributed by atoms with Crippen LogP contribution in [0.2, 0.25) is 0 Å². The van der Waals surface area contributed by atoms with Gasteiger partial charge in [0.2, 0.25) is 0 Å². The minimum atomic E-state index is -1.13. The predicted octanol–water partition coefficient (Wildman–Crippen LogP) is 2.02. The molecule has 0 amide bonds. The van der Waals surface area contributed by atoms with Crippen molar-refractivity contribution in [3.05, 3.63) is 47.5 Å². The summed E-state index contributed by atoms with van der Waals surface area (Å²) in [6.07, 6.45) is 1.41. The highest BCUT2D eigenvalue weighted by molar-refractivity contribution is 5.85. The molecular formula is C11H9FN2O2. The number of aromatic carboxylic acids is 1. The summed E-state index contributed by atoms with van der Waals surface area (Å²) < 4.78 is 14.7. The van der Waals surface area contributed by atoms with Crippen LogP contribution in [0.25, 0.3) is 5.69 Å². The zero-order valence-corrected chi connectivity index (χ0v) is 8.51. The molecule has 2 aromatic rings. The monoisotopic (exact) mass is 220 g/mol. The summed E-state index contributed by atoms with van der Waals surface area (Å²) in [5.41, 5.74) is 0.921. The van der Waals surface area contributed by atoms with E-state index in [1.165, 1.54) is 23.0 Å². The third-order valence-corrected chi connectivity index (χ3v) is 2.16. The second-order valence-corrected chi connectivity index (χ2v) is 3.41. The van der Waals surface area contributed by atoms with E-state index in [-0.39, 0.29) is 11.4 Å². The van der Waals surface area contributed by atoms with E-state index in [0.717, 1.165) is 5.56 Å². The molecule has 0 aliphatic carbocycles. The van der Waals surface area contributed by atoms with E-state index in [2.05, 4.69) is 5.10 Å². The van der Waals surface area contributed by atoms with Crippen molar-refractivity contribution in [1.82, 2.24) is 9.78 Å². The zero-order valence-electron chi connectivity index (χ0n) is 8.51. The van der Waals surface area contributed by atoms with Crippen LogP contribution >= 0.6 is 0 Å². The van der Waals surface area contributed by atoms with Crippen molar-refractivity contribution in [3.8, 4) is 5.69 Å². The maximum Gasteiger partial charge on any atom is 0.356 e. The van der Waals surface area contributed by atoms with Gasteiger partial charge in [0.05, 0.1) is 0 Å². The molecule has 0 saturated heterocycles. The number of hydrogen-bond donors (Lipinski definition) is 1. The fourth-order valence-corrected chi connectivity index (χ4v) is 1.37. The van der Waals surface area contributed by atoms with E-state index in [1.54, 1.807) is 19.1 Å². The van der Waals surface area contributed by atoms with Crippen LogP contribution in [0.15, 0.2) is 30.5 Å². The van der Waals surface area contributed by atoms with Crippen LogP contribution in [-0.2, 0) is 0 Å². The van der Waals surface area contributed by atoms with Crippen LogP contribution in [0, 0.1) is 12.7 Å². The summed E-state index contributed by atoms with van der Waals surface area (Å²) in [7, 11) is 0. The first kappa shape index (κ1) is 10.4. The lowest BCUT2D eigenvalue weighted by molar-refractivity contribution is 0.0690. The lowest BCUT2D eigenvalue weighted by Gasteiger charge is -2.03. The number of hydrogen-bond acceptors (Lipinski definition) is 2. The summed E-state index contributed by atoms with van der Waals surface area (Å²) in [6, 6.07) is 5.99. The number of carboxylic acids is 1. The smallest absolute Gasteiger partial charge is 0.356 e. The molecule has 1 aromatic heterocycles. The van der Waals surface area contributed by atoms with Crippen molar-refractivity contribution in [2.24, 2.45) is 0 Å². The van der Waals surface area contributed by atoms with E-state index in [9.17, 15) is 9.18 Å². The summed E-state index contributed by atoms with van der Waals surface area (Å²) in [5.74, 6) is -1.56. The molecule has 0 fully saturated rings. The van der Waals surface area contributed by atoms with Crippen LogP contribution in [0.5, 0.6) is 0 Å². The summed E-state index contributed by atoms with van der Waals surface area (Å²) >= 11 is 0. The normalized spacial score (nSPS) is 10.4. The number of halogens is 1. The topological polar surface area (TPSA) is 55.1 Å². The highest BCUT2D eigenvalue weighted by atomic mass is 19.1. The second kappa shape index (κ2) is 3.77. The average Bonchev–Trinajstić information content (AvgIpc) is 2.66. The average molecular weight is 220 g/mol. The highest BCUT2D eigenvalue weighted by Gasteiger charge is 2.10. The second-order valence-electron chi connectivity index (χ2n) is 3.41. The quantitative estimate of drug-likeness (QED) is 0.842. The van der Waals surface area contributed by atoms with E-state index in [4.69, 9.17) is 5.11 Å². The number of aromatic nitrogens is 2. The number of carboxylic acid groups (broad SMARTS) is 1. The summed E-state index contributed by atoms with van der Waals surface area (Å²) in [5, 5.41) is 12.4. The van der Waals surface area contributed by atoms with Gasteiger partial charge in [-0.05, 0) is 30.7 Å². The number of nitrogens with zero attached hydrogens (tertiary/aromatic N) is 2. The van der Waals surface area contributed by atoms with Gasteiger partial charge >= 0.3 is 5.97 Å². The summed E-state index contributed by atoms with van der Waals surface area (Å²) in [4.78, 5) is 10.6. The molecule has 4 nitrogen and oxygen atoms in total. The lowest BCUT2D eigenvalue weighted by Crippen LogP contribution is -2.02. The molecule has 2 rings (SSSR count). The van der Waals surface area contributed by atoms with Gasteiger partial charge in [-0.25, -0.2) is 13.9 Å². The first-order valence-electron chi connectivity index (χ1n) is 4.63. The molecule has 0 bridgehead atoms. The SMILES string of the molecule is Cc1ccc(-n2ccc(C(=O)O)n2)c(F)c1. The van der Waals surface area contributed by atoms with E-state index < -0.39 is 11.8 Å². The summed E-state index contributed by atoms with van der Waals surface area (Å²) in [6.45, 7) is 1.78. The van der Waals surface area contributed by atoms with E-state index in [1.807, 2.05) is 0 Å². The molecule has 0 radical (unpaired) electrons. The van der Waals surface area contributed by atoms with Crippen molar-refractivity contribution >= 4 is 5.97 Å². The Morgan fingerprint density at radius 3 is 2.75 bits per heavy atom. The Kier molecular flexibility index (Phi) is 2.44. The van der Waals surface area contributed by atoms with Crippen molar-refractivity contribution in [1.29, 1.82) is 0 Å². The Morgan fingerprint density at radius 2 is 2.19 bits per heavy atom. The first-order chi connectivity index (χ1) is 7.58. The molecule has 0 spiro atoms. The van der Waals surface area contributed by atoms with Crippen molar-refractivity contribution in [2.75, 3.05) is 0 Å². The van der Waals surface area contributed by atoms with Crippen LogP contribution in [0.4, 0.5) is 4.39 Å². The van der Waals surface area contributed by atoms with Gasteiger partial charge in [0.25, 0.3) is 0 Å². The standard InChI is InChI=1S/C11H9FN2O2/c1-7-2-3-10(8(12)6-7)14-5-4-9(13-14)11(15)16/h2-6H,1H3,(H,15,16). The van der Waals surface area contributed by atoms with Crippen LogP contribution in [-0.4, -0.2) is 20.9 Å². The highest BCUT2D eigenvalue weighted by Crippen LogP contribution is 2.14. The molecule has 0 aliphatic rings. The fraction of sp³-hybridized carbons (Fsp3) is 0.0909. The largest absolute Gasteiger partial charge is 0.476 e. The van der Waals surface area contributed by atoms with E-state index >= 15 is 0 Å². The van der Waals surface area contributed by atoms with Gasteiger partial charge < -0.3 is 5.11 Å². The number of carbonyl (C=O) groups is 1. The Hall–Kier alpha value is -2.17. The molecule has 0 aliphatic heterocycles. The van der Waals surface area contributed by atoms with Crippen molar-refractivity contribution in [3.63, 3.8) is 0 Å². The van der Waals surface area contributed by atoms with E-state index in [0.29, 0.717) is 0 Å². The third kappa shape index (κ3) is 1.79. The number of rotatable bonds is 2. The molecule has 1 aromatic carbocycles. The third-order valence-electron chi connectivity index (χ3n) is 2.16. The molecular weight excluding hydrogens is 211 g/mol. The molecule has 1 heterocycles. The van der Waals surface area contributed by atoms with Crippen LogP contribution in [0.1, 0.15) is 16.1 Å². The Morgan fingerprint density at radius 1 is 1.44 bits per heavy atom. The van der Waals surface area contributed by atoms with Gasteiger partial charge in [-0.1, -0.05) is 6.07 Å². The Labute approximate surface area is 90.9 Å². The van der Waals surface area contributed by atoms with Crippen molar-refractivity contribution < 1.29 is 14.3 Å². The van der Waals surface area contributed by atoms with Gasteiger partial charge in [0.1, 0.15) is 11.5 Å². The number of aryl methyl sites for hydroxylation is 1. The van der Waals surface area contributed by atoms with Crippen LogP contribution in [0.3, 0.4) is 0 Å². The number of benzene rings is 1.